The second kappa shape index (κ2) is 7.28. The zero-order valence-electron chi connectivity index (χ0n) is 17.5. The van der Waals surface area contributed by atoms with Crippen LogP contribution in [-0.2, 0) is 14.1 Å². The Balaban J connectivity index is 1.74. The highest BCUT2D eigenvalue weighted by Crippen LogP contribution is 2.39. The van der Waals surface area contributed by atoms with Crippen LogP contribution in [0.4, 0.5) is 0 Å². The van der Waals surface area contributed by atoms with Crippen molar-refractivity contribution >= 4 is 11.0 Å². The Morgan fingerprint density at radius 1 is 1.00 bits per heavy atom. The van der Waals surface area contributed by atoms with E-state index in [2.05, 4.69) is 10.1 Å². The van der Waals surface area contributed by atoms with Gasteiger partial charge in [-0.3, -0.25) is 9.48 Å². The average molecular weight is 411 g/mol. The lowest BCUT2D eigenvalue weighted by molar-refractivity contribution is 0.489. The molecule has 154 valence electrons. The van der Waals surface area contributed by atoms with Gasteiger partial charge in [0.25, 0.3) is 5.56 Å². The summed E-state index contributed by atoms with van der Waals surface area (Å²) in [5.41, 5.74) is 4.86. The van der Waals surface area contributed by atoms with E-state index in [0.717, 1.165) is 28.0 Å². The Morgan fingerprint density at radius 3 is 2.52 bits per heavy atom. The smallest absolute Gasteiger partial charge is 0.253 e. The minimum Gasteiger partial charge on any atom is -0.454 e. The van der Waals surface area contributed by atoms with E-state index in [4.69, 9.17) is 9.72 Å². The average Bonchev–Trinajstić information content (AvgIpc) is 3.39. The molecule has 0 fully saturated rings. The fourth-order valence-electron chi connectivity index (χ4n) is 3.69. The largest absolute Gasteiger partial charge is 0.454 e. The molecule has 0 aliphatic carbocycles. The molecule has 3 aromatic heterocycles. The third kappa shape index (κ3) is 3.40. The van der Waals surface area contributed by atoms with E-state index < -0.39 is 0 Å². The third-order valence-electron chi connectivity index (χ3n) is 5.22. The van der Waals surface area contributed by atoms with Crippen LogP contribution in [0, 0.1) is 6.92 Å². The number of aromatic amines is 1. The van der Waals surface area contributed by atoms with Crippen LogP contribution in [0.15, 0.2) is 71.9 Å². The number of aromatic nitrogens is 5. The molecule has 5 aromatic rings. The van der Waals surface area contributed by atoms with Crippen molar-refractivity contribution in [3.05, 3.63) is 83.0 Å². The van der Waals surface area contributed by atoms with Crippen molar-refractivity contribution in [2.24, 2.45) is 14.1 Å². The molecular formula is C24H21N5O2. The monoisotopic (exact) mass is 411 g/mol. The Bertz CT molecular complexity index is 1430. The van der Waals surface area contributed by atoms with Crippen molar-refractivity contribution in [2.75, 3.05) is 0 Å². The summed E-state index contributed by atoms with van der Waals surface area (Å²) in [7, 11) is 3.63. The van der Waals surface area contributed by atoms with Gasteiger partial charge in [-0.05, 0) is 37.3 Å². The molecule has 7 nitrogen and oxygen atoms in total. The molecule has 0 atom stereocenters. The van der Waals surface area contributed by atoms with Gasteiger partial charge in [-0.2, -0.15) is 5.10 Å². The molecular weight excluding hydrogens is 390 g/mol. The number of rotatable bonds is 4. The highest BCUT2D eigenvalue weighted by Gasteiger charge is 2.18. The molecule has 0 amide bonds. The Kier molecular flexibility index (Phi) is 4.43. The Labute approximate surface area is 178 Å². The van der Waals surface area contributed by atoms with Gasteiger partial charge in [0.2, 0.25) is 0 Å². The maximum atomic E-state index is 12.2. The van der Waals surface area contributed by atoms with Gasteiger partial charge >= 0.3 is 0 Å². The predicted octanol–water partition coefficient (Wildman–Crippen LogP) is 4.43. The number of hydrogen-bond donors (Lipinski definition) is 1. The number of aryl methyl sites for hydroxylation is 3. The lowest BCUT2D eigenvalue weighted by Crippen LogP contribution is -2.18. The van der Waals surface area contributed by atoms with Crippen LogP contribution in [0.25, 0.3) is 33.5 Å². The lowest BCUT2D eigenvalue weighted by Gasteiger charge is -2.13. The molecule has 0 unspecified atom stereocenters. The molecule has 0 aliphatic rings. The number of imidazole rings is 1. The Morgan fingerprint density at radius 2 is 1.81 bits per heavy atom. The molecule has 5 rings (SSSR count). The molecule has 0 saturated heterocycles. The minimum atomic E-state index is -0.0195. The molecule has 0 radical (unpaired) electrons. The first-order chi connectivity index (χ1) is 15.0. The summed E-state index contributed by atoms with van der Waals surface area (Å²) >= 11 is 0. The fraction of sp³-hybridized carbons (Fsp3) is 0.125. The number of fused-ring (bicyclic) bond motifs is 1. The standard InChI is InChI=1S/C24H21N5O2/c1-15-11-16(13-28(2)24(15)30)19-9-10-20-21(22(19)31-18-7-5-4-6-8-18)27-23(26-20)17-12-25-29(3)14-17/h4-14H,1-3H3,(H,26,27). The molecule has 31 heavy (non-hydrogen) atoms. The van der Waals surface area contributed by atoms with E-state index in [1.807, 2.05) is 74.9 Å². The van der Waals surface area contributed by atoms with Gasteiger partial charge in [0.1, 0.15) is 17.1 Å². The summed E-state index contributed by atoms with van der Waals surface area (Å²) in [5, 5.41) is 4.24. The molecule has 2 aromatic carbocycles. The maximum Gasteiger partial charge on any atom is 0.253 e. The van der Waals surface area contributed by atoms with E-state index in [9.17, 15) is 4.79 Å². The van der Waals surface area contributed by atoms with Gasteiger partial charge in [0.15, 0.2) is 5.75 Å². The zero-order valence-corrected chi connectivity index (χ0v) is 17.5. The fourth-order valence-corrected chi connectivity index (χ4v) is 3.69. The number of pyridine rings is 1. The van der Waals surface area contributed by atoms with Gasteiger partial charge in [-0.1, -0.05) is 18.2 Å². The lowest BCUT2D eigenvalue weighted by atomic mass is 10.0. The normalized spacial score (nSPS) is 11.2. The van der Waals surface area contributed by atoms with Crippen molar-refractivity contribution in [3.8, 4) is 34.0 Å². The van der Waals surface area contributed by atoms with E-state index in [-0.39, 0.29) is 5.56 Å². The summed E-state index contributed by atoms with van der Waals surface area (Å²) in [6.07, 6.45) is 5.50. The summed E-state index contributed by atoms with van der Waals surface area (Å²) in [6.45, 7) is 1.82. The summed E-state index contributed by atoms with van der Waals surface area (Å²) < 4.78 is 9.68. The highest BCUT2D eigenvalue weighted by molar-refractivity contribution is 5.92. The highest BCUT2D eigenvalue weighted by atomic mass is 16.5. The van der Waals surface area contributed by atoms with Crippen molar-refractivity contribution in [1.29, 1.82) is 0 Å². The van der Waals surface area contributed by atoms with Crippen molar-refractivity contribution < 1.29 is 4.74 Å². The number of H-pyrrole nitrogens is 1. The van der Waals surface area contributed by atoms with Gasteiger partial charge in [-0.25, -0.2) is 4.98 Å². The number of nitrogens with one attached hydrogen (secondary N) is 1. The molecule has 0 spiro atoms. The molecule has 1 N–H and O–H groups in total. The van der Waals surface area contributed by atoms with Crippen LogP contribution >= 0.6 is 0 Å². The number of hydrogen-bond acceptors (Lipinski definition) is 4. The zero-order chi connectivity index (χ0) is 21.5. The summed E-state index contributed by atoms with van der Waals surface area (Å²) in [6, 6.07) is 15.5. The van der Waals surface area contributed by atoms with Crippen molar-refractivity contribution in [2.45, 2.75) is 6.92 Å². The SMILES string of the molecule is Cc1cc(-c2ccc3[nH]c(-c4cnn(C)c4)nc3c2Oc2ccccc2)cn(C)c1=O. The first-order valence-electron chi connectivity index (χ1n) is 9.92. The van der Waals surface area contributed by atoms with Crippen molar-refractivity contribution in [1.82, 2.24) is 24.3 Å². The van der Waals surface area contributed by atoms with Crippen LogP contribution in [0.5, 0.6) is 11.5 Å². The molecule has 0 saturated carbocycles. The van der Waals surface area contributed by atoms with E-state index >= 15 is 0 Å². The first-order valence-corrected chi connectivity index (χ1v) is 9.92. The second-order valence-corrected chi connectivity index (χ2v) is 7.57. The van der Waals surface area contributed by atoms with Crippen LogP contribution in [0.1, 0.15) is 5.56 Å². The van der Waals surface area contributed by atoms with Crippen LogP contribution in [-0.4, -0.2) is 24.3 Å². The van der Waals surface area contributed by atoms with Crippen LogP contribution < -0.4 is 10.3 Å². The first kappa shape index (κ1) is 18.9. The van der Waals surface area contributed by atoms with Crippen LogP contribution in [0.2, 0.25) is 0 Å². The van der Waals surface area contributed by atoms with Gasteiger partial charge < -0.3 is 14.3 Å². The van der Waals surface area contributed by atoms with Crippen LogP contribution in [0.3, 0.4) is 0 Å². The van der Waals surface area contributed by atoms with Gasteiger partial charge in [0, 0.05) is 43.2 Å². The number of nitrogens with zero attached hydrogens (tertiary/aromatic N) is 4. The third-order valence-corrected chi connectivity index (χ3v) is 5.22. The second-order valence-electron chi connectivity index (χ2n) is 7.57. The van der Waals surface area contributed by atoms with E-state index in [1.54, 1.807) is 22.5 Å². The molecule has 0 aliphatic heterocycles. The van der Waals surface area contributed by atoms with Gasteiger partial charge in [-0.15, -0.1) is 0 Å². The summed E-state index contributed by atoms with van der Waals surface area (Å²) in [4.78, 5) is 20.4. The predicted molar refractivity (Wildman–Crippen MR) is 120 cm³/mol. The number of para-hydroxylation sites is 1. The van der Waals surface area contributed by atoms with Crippen molar-refractivity contribution in [3.63, 3.8) is 0 Å². The molecule has 7 heteroatoms. The number of ether oxygens (including phenoxy) is 1. The Hall–Kier alpha value is -4.13. The minimum absolute atomic E-state index is 0.0195. The number of benzene rings is 2. The topological polar surface area (TPSA) is 77.7 Å². The summed E-state index contributed by atoms with van der Waals surface area (Å²) in [5.74, 6) is 2.06. The quantitative estimate of drug-likeness (QED) is 0.475. The molecule has 0 bridgehead atoms. The van der Waals surface area contributed by atoms with Gasteiger partial charge in [0.05, 0.1) is 17.3 Å². The molecule has 3 heterocycles. The maximum absolute atomic E-state index is 12.2. The van der Waals surface area contributed by atoms with E-state index in [0.29, 0.717) is 22.6 Å². The van der Waals surface area contributed by atoms with E-state index in [1.165, 1.54) is 0 Å².